The van der Waals surface area contributed by atoms with Crippen LogP contribution in [-0.4, -0.2) is 49.4 Å². The smallest absolute Gasteiger partial charge is 0.135 e. The molecule has 2 fully saturated rings. The second-order valence-corrected chi connectivity index (χ2v) is 6.66. The van der Waals surface area contributed by atoms with Crippen molar-refractivity contribution in [3.8, 4) is 0 Å². The van der Waals surface area contributed by atoms with Crippen LogP contribution in [0.25, 0.3) is 0 Å². The molecule has 0 amide bonds. The number of hydrogen-bond donors (Lipinski definition) is 1. The number of morpholine rings is 1. The van der Waals surface area contributed by atoms with Crippen molar-refractivity contribution in [1.29, 1.82) is 0 Å². The van der Waals surface area contributed by atoms with Crippen molar-refractivity contribution in [2.45, 2.75) is 44.4 Å². The molecule has 1 saturated carbocycles. The molecule has 3 heterocycles. The second kappa shape index (κ2) is 6.50. The predicted octanol–water partition coefficient (Wildman–Crippen LogP) is 1.66. The average Bonchev–Trinajstić information content (AvgIpc) is 3.00. The Labute approximate surface area is 132 Å². The van der Waals surface area contributed by atoms with Gasteiger partial charge in [-0.05, 0) is 25.8 Å². The summed E-state index contributed by atoms with van der Waals surface area (Å²) in [5, 5.41) is 3.50. The van der Waals surface area contributed by atoms with E-state index in [-0.39, 0.29) is 0 Å². The number of rotatable bonds is 2. The van der Waals surface area contributed by atoms with E-state index in [4.69, 9.17) is 14.7 Å². The third kappa shape index (κ3) is 2.84. The fourth-order valence-corrected chi connectivity index (χ4v) is 3.95. The van der Waals surface area contributed by atoms with E-state index >= 15 is 0 Å². The number of aromatic nitrogens is 2. The van der Waals surface area contributed by atoms with Crippen LogP contribution in [-0.2, 0) is 17.6 Å². The van der Waals surface area contributed by atoms with Crippen LogP contribution < -0.4 is 10.2 Å². The van der Waals surface area contributed by atoms with Gasteiger partial charge in [0.25, 0.3) is 0 Å². The molecular weight excluding hydrogens is 276 g/mol. The first-order chi connectivity index (χ1) is 10.9. The number of fused-ring (bicyclic) bond motifs is 1. The topological polar surface area (TPSA) is 50.3 Å². The highest BCUT2D eigenvalue weighted by Crippen LogP contribution is 2.34. The normalized spacial score (nSPS) is 23.4. The molecule has 2 aliphatic heterocycles. The molecule has 1 aromatic heterocycles. The van der Waals surface area contributed by atoms with Gasteiger partial charge in [-0.1, -0.05) is 12.8 Å². The second-order valence-electron chi connectivity index (χ2n) is 6.66. The third-order valence-electron chi connectivity index (χ3n) is 5.21. The molecule has 4 rings (SSSR count). The Morgan fingerprint density at radius 3 is 2.59 bits per heavy atom. The predicted molar refractivity (Wildman–Crippen MR) is 86.6 cm³/mol. The molecule has 1 saturated heterocycles. The van der Waals surface area contributed by atoms with E-state index in [1.165, 1.54) is 42.8 Å². The molecule has 22 heavy (non-hydrogen) atoms. The Morgan fingerprint density at radius 2 is 1.77 bits per heavy atom. The Hall–Kier alpha value is -1.20. The van der Waals surface area contributed by atoms with Crippen LogP contribution >= 0.6 is 0 Å². The van der Waals surface area contributed by atoms with Gasteiger partial charge in [-0.2, -0.15) is 0 Å². The lowest BCUT2D eigenvalue weighted by Crippen LogP contribution is -2.38. The molecule has 1 aliphatic carbocycles. The van der Waals surface area contributed by atoms with Crippen molar-refractivity contribution in [3.05, 3.63) is 17.1 Å². The molecule has 0 radical (unpaired) electrons. The van der Waals surface area contributed by atoms with Crippen LogP contribution in [0.1, 0.15) is 48.7 Å². The zero-order valence-electron chi connectivity index (χ0n) is 13.3. The largest absolute Gasteiger partial charge is 0.378 e. The number of nitrogens with one attached hydrogen (secondary N) is 1. The lowest BCUT2D eigenvalue weighted by atomic mass is 10.0. The highest BCUT2D eigenvalue weighted by Gasteiger charge is 2.26. The molecule has 0 atom stereocenters. The van der Waals surface area contributed by atoms with Crippen molar-refractivity contribution in [3.63, 3.8) is 0 Å². The average molecular weight is 302 g/mol. The summed E-state index contributed by atoms with van der Waals surface area (Å²) in [6, 6.07) is 0. The maximum absolute atomic E-state index is 5.52. The molecule has 0 bridgehead atoms. The summed E-state index contributed by atoms with van der Waals surface area (Å²) in [5.41, 5.74) is 2.68. The fraction of sp³-hybridized carbons (Fsp3) is 0.765. The van der Waals surface area contributed by atoms with E-state index < -0.39 is 0 Å². The monoisotopic (exact) mass is 302 g/mol. The summed E-state index contributed by atoms with van der Waals surface area (Å²) < 4.78 is 5.52. The van der Waals surface area contributed by atoms with Crippen LogP contribution in [0.15, 0.2) is 0 Å². The standard InChI is InChI=1S/C17H26N4O/c1-2-4-13(3-1)16-19-15-6-8-18-7-5-14(15)17(20-16)21-9-11-22-12-10-21/h13,18H,1-12H2. The number of ether oxygens (including phenoxy) is 1. The molecule has 3 aliphatic rings. The van der Waals surface area contributed by atoms with E-state index in [0.29, 0.717) is 5.92 Å². The first-order valence-corrected chi connectivity index (χ1v) is 8.85. The van der Waals surface area contributed by atoms with Crippen LogP contribution in [0.3, 0.4) is 0 Å². The maximum Gasteiger partial charge on any atom is 0.135 e. The van der Waals surface area contributed by atoms with Crippen molar-refractivity contribution in [1.82, 2.24) is 15.3 Å². The Balaban J connectivity index is 1.73. The summed E-state index contributed by atoms with van der Waals surface area (Å²) in [4.78, 5) is 12.5. The van der Waals surface area contributed by atoms with E-state index in [1.54, 1.807) is 0 Å². The van der Waals surface area contributed by atoms with Gasteiger partial charge in [-0.25, -0.2) is 9.97 Å². The van der Waals surface area contributed by atoms with Gasteiger partial charge in [-0.15, -0.1) is 0 Å². The lowest BCUT2D eigenvalue weighted by Gasteiger charge is -2.30. The van der Waals surface area contributed by atoms with Gasteiger partial charge in [0.15, 0.2) is 0 Å². The van der Waals surface area contributed by atoms with E-state index in [1.807, 2.05) is 0 Å². The Kier molecular flexibility index (Phi) is 4.26. The maximum atomic E-state index is 5.52. The van der Waals surface area contributed by atoms with Crippen molar-refractivity contribution >= 4 is 5.82 Å². The SMILES string of the molecule is C1CCC(c2nc3c(c(N4CCOCC4)n2)CCNCC3)C1. The lowest BCUT2D eigenvalue weighted by molar-refractivity contribution is 0.122. The quantitative estimate of drug-likeness (QED) is 0.900. The zero-order chi connectivity index (χ0) is 14.8. The number of nitrogens with zero attached hydrogens (tertiary/aromatic N) is 3. The van der Waals surface area contributed by atoms with Gasteiger partial charge in [0, 0.05) is 37.5 Å². The Morgan fingerprint density at radius 1 is 1.00 bits per heavy atom. The van der Waals surface area contributed by atoms with Crippen molar-refractivity contribution in [2.75, 3.05) is 44.3 Å². The summed E-state index contributed by atoms with van der Waals surface area (Å²) in [7, 11) is 0. The van der Waals surface area contributed by atoms with Gasteiger partial charge >= 0.3 is 0 Å². The first kappa shape index (κ1) is 14.4. The van der Waals surface area contributed by atoms with Gasteiger partial charge in [-0.3, -0.25) is 0 Å². The summed E-state index contributed by atoms with van der Waals surface area (Å²) in [5.74, 6) is 2.90. The van der Waals surface area contributed by atoms with E-state index in [2.05, 4.69) is 10.2 Å². The van der Waals surface area contributed by atoms with Crippen LogP contribution in [0.4, 0.5) is 5.82 Å². The van der Waals surface area contributed by atoms with E-state index in [0.717, 1.165) is 58.1 Å². The fourth-order valence-electron chi connectivity index (χ4n) is 3.95. The summed E-state index contributed by atoms with van der Waals surface area (Å²) >= 11 is 0. The molecule has 0 aromatic carbocycles. The molecule has 1 N–H and O–H groups in total. The minimum Gasteiger partial charge on any atom is -0.378 e. The zero-order valence-corrected chi connectivity index (χ0v) is 13.3. The van der Waals surface area contributed by atoms with Crippen LogP contribution in [0.5, 0.6) is 0 Å². The van der Waals surface area contributed by atoms with Crippen LogP contribution in [0.2, 0.25) is 0 Å². The molecule has 1 aromatic rings. The number of hydrogen-bond acceptors (Lipinski definition) is 5. The van der Waals surface area contributed by atoms with Crippen molar-refractivity contribution < 1.29 is 4.74 Å². The molecule has 120 valence electrons. The minimum absolute atomic E-state index is 0.585. The first-order valence-electron chi connectivity index (χ1n) is 8.85. The van der Waals surface area contributed by atoms with Gasteiger partial charge in [0.1, 0.15) is 11.6 Å². The minimum atomic E-state index is 0.585. The third-order valence-corrected chi connectivity index (χ3v) is 5.21. The number of anilines is 1. The molecule has 0 spiro atoms. The highest BCUT2D eigenvalue weighted by atomic mass is 16.5. The van der Waals surface area contributed by atoms with Gasteiger partial charge in [0.05, 0.1) is 18.9 Å². The Bertz CT molecular complexity index is 522. The molecular formula is C17H26N4O. The molecule has 5 heteroatoms. The molecule has 0 unspecified atom stereocenters. The van der Waals surface area contributed by atoms with Crippen molar-refractivity contribution in [2.24, 2.45) is 0 Å². The van der Waals surface area contributed by atoms with Gasteiger partial charge in [0.2, 0.25) is 0 Å². The highest BCUT2D eigenvalue weighted by molar-refractivity contribution is 5.50. The molecule has 5 nitrogen and oxygen atoms in total. The van der Waals surface area contributed by atoms with E-state index in [9.17, 15) is 0 Å². The summed E-state index contributed by atoms with van der Waals surface area (Å²) in [6.07, 6.45) is 7.28. The van der Waals surface area contributed by atoms with Gasteiger partial charge < -0.3 is 15.0 Å². The summed E-state index contributed by atoms with van der Waals surface area (Å²) in [6.45, 7) is 5.63. The van der Waals surface area contributed by atoms with Crippen LogP contribution in [0, 0.1) is 0 Å².